The normalized spacial score (nSPS) is 10.6. The first-order valence-corrected chi connectivity index (χ1v) is 5.71. The minimum Gasteiger partial charge on any atom is -0.248 e. The van der Waals surface area contributed by atoms with E-state index in [9.17, 15) is 4.39 Å². The van der Waals surface area contributed by atoms with Crippen LogP contribution < -0.4 is 0 Å². The van der Waals surface area contributed by atoms with E-state index >= 15 is 0 Å². The van der Waals surface area contributed by atoms with Gasteiger partial charge in [0, 0.05) is 10.6 Å². The van der Waals surface area contributed by atoms with Gasteiger partial charge in [-0.3, -0.25) is 0 Å². The van der Waals surface area contributed by atoms with Crippen LogP contribution in [-0.4, -0.2) is 9.97 Å². The van der Waals surface area contributed by atoms with Gasteiger partial charge < -0.3 is 0 Å². The van der Waals surface area contributed by atoms with Crippen LogP contribution in [0.25, 0.3) is 11.3 Å². The van der Waals surface area contributed by atoms with Crippen molar-refractivity contribution in [3.8, 4) is 11.3 Å². The number of aryl methyl sites for hydroxylation is 2. The average molecular weight is 271 g/mol. The van der Waals surface area contributed by atoms with Gasteiger partial charge in [0.1, 0.15) is 11.5 Å². The lowest BCUT2D eigenvalue weighted by Crippen LogP contribution is -1.97. The monoisotopic (exact) mass is 270 g/mol. The van der Waals surface area contributed by atoms with E-state index in [1.807, 2.05) is 0 Å². The predicted octanol–water partition coefficient (Wildman–Crippen LogP) is 4.21. The molecule has 1 aromatic heterocycles. The molecule has 0 N–H and O–H groups in total. The first-order chi connectivity index (χ1) is 7.99. The number of rotatable bonds is 1. The summed E-state index contributed by atoms with van der Waals surface area (Å²) in [4.78, 5) is 8.37. The van der Waals surface area contributed by atoms with Gasteiger partial charge in [0.25, 0.3) is 0 Å². The van der Waals surface area contributed by atoms with Crippen LogP contribution in [0.2, 0.25) is 10.2 Å². The van der Waals surface area contributed by atoms with Crippen molar-refractivity contribution in [2.24, 2.45) is 0 Å². The molecule has 0 unspecified atom stereocenters. The lowest BCUT2D eigenvalue weighted by molar-refractivity contribution is 0.630. The lowest BCUT2D eigenvalue weighted by atomic mass is 10.1. The van der Waals surface area contributed by atoms with Gasteiger partial charge in [-0.1, -0.05) is 23.2 Å². The molecule has 2 rings (SSSR count). The number of hydrogen-bond acceptors (Lipinski definition) is 2. The highest BCUT2D eigenvalue weighted by atomic mass is 35.5. The van der Waals surface area contributed by atoms with Gasteiger partial charge >= 0.3 is 0 Å². The second-order valence-corrected chi connectivity index (χ2v) is 4.45. The summed E-state index contributed by atoms with van der Waals surface area (Å²) in [5, 5.41) is 0.522. The number of hydrogen-bond donors (Lipinski definition) is 0. The molecule has 0 aliphatic carbocycles. The van der Waals surface area contributed by atoms with E-state index in [1.165, 1.54) is 6.07 Å². The van der Waals surface area contributed by atoms with E-state index < -0.39 is 5.82 Å². The van der Waals surface area contributed by atoms with Gasteiger partial charge in [0.2, 0.25) is 0 Å². The SMILES string of the molecule is Cc1nc(Cl)c(-c2ccc(Cl)cc2F)nc1C. The maximum Gasteiger partial charge on any atom is 0.155 e. The molecule has 0 saturated carbocycles. The van der Waals surface area contributed by atoms with E-state index in [0.29, 0.717) is 16.3 Å². The van der Waals surface area contributed by atoms with Gasteiger partial charge in [-0.15, -0.1) is 0 Å². The number of halogens is 3. The van der Waals surface area contributed by atoms with Gasteiger partial charge in [-0.25, -0.2) is 14.4 Å². The highest BCUT2D eigenvalue weighted by Crippen LogP contribution is 2.29. The van der Waals surface area contributed by atoms with Gasteiger partial charge in [0.05, 0.1) is 11.4 Å². The van der Waals surface area contributed by atoms with Crippen molar-refractivity contribution in [1.29, 1.82) is 0 Å². The molecule has 0 radical (unpaired) electrons. The topological polar surface area (TPSA) is 25.8 Å². The van der Waals surface area contributed by atoms with Crippen LogP contribution in [-0.2, 0) is 0 Å². The summed E-state index contributed by atoms with van der Waals surface area (Å²) in [5.41, 5.74) is 2.09. The van der Waals surface area contributed by atoms with Crippen LogP contribution in [0.3, 0.4) is 0 Å². The summed E-state index contributed by atoms with van der Waals surface area (Å²) < 4.78 is 13.7. The first kappa shape index (κ1) is 12.3. The zero-order valence-electron chi connectivity index (χ0n) is 9.26. The maximum atomic E-state index is 13.7. The van der Waals surface area contributed by atoms with Crippen molar-refractivity contribution in [2.75, 3.05) is 0 Å². The standard InChI is InChI=1S/C12H9Cl2FN2/c1-6-7(2)17-12(14)11(16-6)9-4-3-8(13)5-10(9)15/h3-5H,1-2H3. The summed E-state index contributed by atoms with van der Waals surface area (Å²) >= 11 is 11.7. The molecule has 1 aromatic carbocycles. The molecule has 0 spiro atoms. The third kappa shape index (κ3) is 2.40. The smallest absolute Gasteiger partial charge is 0.155 e. The molecule has 0 atom stereocenters. The second kappa shape index (κ2) is 4.59. The molecule has 2 aromatic rings. The Labute approximate surface area is 108 Å². The highest BCUT2D eigenvalue weighted by molar-refractivity contribution is 6.32. The fraction of sp³-hybridized carbons (Fsp3) is 0.167. The van der Waals surface area contributed by atoms with E-state index in [2.05, 4.69) is 9.97 Å². The molecule has 0 amide bonds. The molecule has 17 heavy (non-hydrogen) atoms. The molecule has 0 aliphatic heterocycles. The zero-order chi connectivity index (χ0) is 12.6. The van der Waals surface area contributed by atoms with E-state index in [0.717, 1.165) is 11.4 Å². The number of aromatic nitrogens is 2. The fourth-order valence-corrected chi connectivity index (χ4v) is 1.86. The quantitative estimate of drug-likeness (QED) is 0.776. The fourth-order valence-electron chi connectivity index (χ4n) is 1.43. The minimum atomic E-state index is -0.461. The molecule has 2 nitrogen and oxygen atoms in total. The summed E-state index contributed by atoms with van der Waals surface area (Å²) in [6.45, 7) is 3.60. The Morgan fingerprint density at radius 1 is 1.06 bits per heavy atom. The Morgan fingerprint density at radius 3 is 2.35 bits per heavy atom. The van der Waals surface area contributed by atoms with Crippen molar-refractivity contribution in [1.82, 2.24) is 9.97 Å². The first-order valence-electron chi connectivity index (χ1n) is 4.95. The second-order valence-electron chi connectivity index (χ2n) is 3.66. The molecule has 0 aliphatic rings. The Morgan fingerprint density at radius 2 is 1.71 bits per heavy atom. The molecule has 5 heteroatoms. The predicted molar refractivity (Wildman–Crippen MR) is 66.9 cm³/mol. The molecule has 0 saturated heterocycles. The van der Waals surface area contributed by atoms with E-state index in [1.54, 1.807) is 26.0 Å². The Bertz CT molecular complexity index is 585. The van der Waals surface area contributed by atoms with Crippen molar-refractivity contribution in [3.05, 3.63) is 45.6 Å². The summed E-state index contributed by atoms with van der Waals surface area (Å²) in [7, 11) is 0. The van der Waals surface area contributed by atoms with Crippen LogP contribution in [0, 0.1) is 19.7 Å². The third-order valence-electron chi connectivity index (χ3n) is 2.45. The molecule has 1 heterocycles. The van der Waals surface area contributed by atoms with Crippen LogP contribution in [0.5, 0.6) is 0 Å². The van der Waals surface area contributed by atoms with E-state index in [4.69, 9.17) is 23.2 Å². The van der Waals surface area contributed by atoms with Gasteiger partial charge in [0.15, 0.2) is 5.15 Å². The van der Waals surface area contributed by atoms with Gasteiger partial charge in [-0.05, 0) is 32.0 Å². The Kier molecular flexibility index (Phi) is 3.31. The minimum absolute atomic E-state index is 0.189. The Balaban J connectivity index is 2.64. The molecule has 0 fully saturated rings. The maximum absolute atomic E-state index is 13.7. The van der Waals surface area contributed by atoms with Crippen LogP contribution >= 0.6 is 23.2 Å². The van der Waals surface area contributed by atoms with Crippen molar-refractivity contribution in [3.63, 3.8) is 0 Å². The van der Waals surface area contributed by atoms with Crippen molar-refractivity contribution < 1.29 is 4.39 Å². The summed E-state index contributed by atoms with van der Waals surface area (Å²) in [6.07, 6.45) is 0. The lowest BCUT2D eigenvalue weighted by Gasteiger charge is -2.07. The summed E-state index contributed by atoms with van der Waals surface area (Å²) in [6, 6.07) is 4.36. The van der Waals surface area contributed by atoms with Crippen molar-refractivity contribution >= 4 is 23.2 Å². The summed E-state index contributed by atoms with van der Waals surface area (Å²) in [5.74, 6) is -0.461. The average Bonchev–Trinajstić information content (AvgIpc) is 2.24. The van der Waals surface area contributed by atoms with Crippen LogP contribution in [0.1, 0.15) is 11.4 Å². The third-order valence-corrected chi connectivity index (χ3v) is 2.95. The van der Waals surface area contributed by atoms with Crippen LogP contribution in [0.4, 0.5) is 4.39 Å². The Hall–Kier alpha value is -1.19. The number of benzene rings is 1. The number of nitrogens with zero attached hydrogens (tertiary/aromatic N) is 2. The molecule has 0 bridgehead atoms. The van der Waals surface area contributed by atoms with E-state index in [-0.39, 0.29) is 5.15 Å². The molecular weight excluding hydrogens is 262 g/mol. The van der Waals surface area contributed by atoms with Gasteiger partial charge in [-0.2, -0.15) is 0 Å². The largest absolute Gasteiger partial charge is 0.248 e. The zero-order valence-corrected chi connectivity index (χ0v) is 10.8. The van der Waals surface area contributed by atoms with Crippen molar-refractivity contribution in [2.45, 2.75) is 13.8 Å². The van der Waals surface area contributed by atoms with Crippen LogP contribution in [0.15, 0.2) is 18.2 Å². The molecular formula is C12H9Cl2FN2. The molecule has 88 valence electrons. The highest BCUT2D eigenvalue weighted by Gasteiger charge is 2.13.